The molecule has 4 rings (SSSR count). The van der Waals surface area contributed by atoms with Crippen molar-refractivity contribution in [1.82, 2.24) is 0 Å². The van der Waals surface area contributed by atoms with E-state index >= 15 is 0 Å². The molecule has 23 atom stereocenters. The third kappa shape index (κ3) is 16.8. The molecule has 15 nitrogen and oxygen atoms in total. The number of aliphatic hydroxyl groups excluding tert-OH is 9. The van der Waals surface area contributed by atoms with Crippen molar-refractivity contribution in [2.45, 2.75) is 244 Å². The lowest BCUT2D eigenvalue weighted by Crippen LogP contribution is -2.63. The van der Waals surface area contributed by atoms with Crippen molar-refractivity contribution in [2.24, 2.45) is 47.3 Å². The number of aliphatic hydroxyl groups is 10. The number of carbonyl (C=O) groups excluding carboxylic acids is 1. The van der Waals surface area contributed by atoms with Gasteiger partial charge in [-0.05, 0) is 89.4 Å². The van der Waals surface area contributed by atoms with Gasteiger partial charge in [0.05, 0.1) is 61.0 Å². The first-order valence-electron chi connectivity index (χ1n) is 26.4. The van der Waals surface area contributed by atoms with Crippen LogP contribution in [0.25, 0.3) is 0 Å². The van der Waals surface area contributed by atoms with Crippen molar-refractivity contribution in [3.63, 3.8) is 0 Å². The Bertz CT molecular complexity index is 1570. The number of hydrogen-bond donors (Lipinski definition) is 10. The van der Waals surface area contributed by atoms with Crippen LogP contribution in [-0.2, 0) is 23.7 Å². The summed E-state index contributed by atoms with van der Waals surface area (Å²) in [6.07, 6.45) is 3.86. The van der Waals surface area contributed by atoms with Crippen LogP contribution in [0.4, 0.5) is 0 Å². The van der Waals surface area contributed by atoms with Crippen LogP contribution in [0.5, 0.6) is 0 Å². The second-order valence-corrected chi connectivity index (χ2v) is 21.7. The van der Waals surface area contributed by atoms with Crippen LogP contribution in [-0.4, -0.2) is 154 Å². The van der Waals surface area contributed by atoms with E-state index in [2.05, 4.69) is 6.92 Å². The van der Waals surface area contributed by atoms with Gasteiger partial charge in [0.1, 0.15) is 23.9 Å². The molecule has 4 heterocycles. The van der Waals surface area contributed by atoms with E-state index < -0.39 is 96.5 Å². The van der Waals surface area contributed by atoms with Crippen molar-refractivity contribution >= 4 is 5.97 Å². The molecule has 0 saturated carbocycles. The van der Waals surface area contributed by atoms with Crippen molar-refractivity contribution in [2.75, 3.05) is 6.61 Å². The molecule has 0 radical (unpaired) electrons. The Labute approximate surface area is 414 Å². The first-order chi connectivity index (χ1) is 32.3. The van der Waals surface area contributed by atoms with Crippen LogP contribution < -0.4 is 0 Å². The maximum absolute atomic E-state index is 13.7. The van der Waals surface area contributed by atoms with Crippen LogP contribution in [0.15, 0.2) is 36.5 Å². The van der Waals surface area contributed by atoms with Gasteiger partial charge in [-0.25, -0.2) is 4.79 Å². The van der Waals surface area contributed by atoms with Crippen molar-refractivity contribution < 1.29 is 74.8 Å². The van der Waals surface area contributed by atoms with Gasteiger partial charge < -0.3 is 70.0 Å². The van der Waals surface area contributed by atoms with E-state index in [1.54, 1.807) is 34.6 Å². The molecule has 10 N–H and O–H groups in total. The Balaban J connectivity index is 0.00000142. The van der Waals surface area contributed by atoms with E-state index in [0.29, 0.717) is 44.9 Å². The summed E-state index contributed by atoms with van der Waals surface area (Å²) >= 11 is 0. The third-order valence-corrected chi connectivity index (χ3v) is 16.1. The Morgan fingerprint density at radius 3 is 2.04 bits per heavy atom. The minimum Gasteiger partial charge on any atom is -0.458 e. The molecule has 402 valence electrons. The van der Waals surface area contributed by atoms with Gasteiger partial charge in [-0.1, -0.05) is 99.1 Å². The summed E-state index contributed by atoms with van der Waals surface area (Å²) in [5.41, 5.74) is -2.18. The molecule has 0 aromatic rings. The maximum Gasteiger partial charge on any atom is 0.330 e. The largest absolute Gasteiger partial charge is 0.458 e. The van der Waals surface area contributed by atoms with E-state index in [1.807, 2.05) is 58.9 Å². The summed E-state index contributed by atoms with van der Waals surface area (Å²) in [5.74, 6) is -4.43. The van der Waals surface area contributed by atoms with Gasteiger partial charge in [0.25, 0.3) is 0 Å². The predicted octanol–water partition coefficient (Wildman–Crippen LogP) is 5.27. The second-order valence-electron chi connectivity index (χ2n) is 21.7. The fourth-order valence-electron chi connectivity index (χ4n) is 11.0. The van der Waals surface area contributed by atoms with E-state index in [4.69, 9.17) is 24.1 Å². The van der Waals surface area contributed by atoms with Crippen molar-refractivity contribution in [1.29, 1.82) is 0 Å². The molecule has 1 spiro atoms. The van der Waals surface area contributed by atoms with Gasteiger partial charge in [0, 0.05) is 55.1 Å². The summed E-state index contributed by atoms with van der Waals surface area (Å²) in [7, 11) is 0. The fourth-order valence-corrected chi connectivity index (χ4v) is 11.0. The van der Waals surface area contributed by atoms with Crippen molar-refractivity contribution in [3.8, 4) is 0 Å². The van der Waals surface area contributed by atoms with Crippen molar-refractivity contribution in [3.05, 3.63) is 36.5 Å². The molecule has 2 bridgehead atoms. The monoisotopic (exact) mass is 985 g/mol. The second kappa shape index (κ2) is 28.6. The molecule has 0 amide bonds. The Hall–Kier alpha value is -1.83. The number of hydrogen-bond acceptors (Lipinski definition) is 15. The number of esters is 1. The molecule has 0 aromatic heterocycles. The van der Waals surface area contributed by atoms with Gasteiger partial charge in [0.2, 0.25) is 0 Å². The SMILES string of the molecule is CC1OCCCC1O.CCCC1(O)C(O)C(C)C/C=C/C=C/C(CC(C)O)CCC2OC3(CCC(C)C(C(C)C(O)CC)O3)C(C)C(OC(=O)/C=C/C(C)C(O)C(C)C(O)CC(O)C(O)C1O)C2C. The van der Waals surface area contributed by atoms with Crippen LogP contribution in [0, 0.1) is 47.3 Å². The van der Waals surface area contributed by atoms with E-state index in [-0.39, 0.29) is 60.4 Å². The summed E-state index contributed by atoms with van der Waals surface area (Å²) in [4.78, 5) is 13.7. The highest BCUT2D eigenvalue weighted by Crippen LogP contribution is 2.49. The number of fused-ring (bicyclic) bond motifs is 2. The first-order valence-corrected chi connectivity index (χ1v) is 26.4. The Kier molecular flexibility index (Phi) is 25.5. The molecular weight excluding hydrogens is 889 g/mol. The fraction of sp³-hybridized carbons (Fsp3) is 0.870. The molecular formula is C54H96O15. The molecule has 4 aliphatic rings. The highest BCUT2D eigenvalue weighted by molar-refractivity contribution is 5.82. The van der Waals surface area contributed by atoms with Crippen LogP contribution in [0.1, 0.15) is 153 Å². The lowest BCUT2D eigenvalue weighted by atomic mass is 9.73. The topological polar surface area (TPSA) is 256 Å². The number of ether oxygens (including phenoxy) is 4. The zero-order valence-electron chi connectivity index (χ0n) is 43.8. The van der Waals surface area contributed by atoms with Gasteiger partial charge in [-0.15, -0.1) is 0 Å². The number of carbonyl (C=O) groups is 1. The van der Waals surface area contributed by atoms with Gasteiger partial charge in [-0.3, -0.25) is 0 Å². The van der Waals surface area contributed by atoms with Gasteiger partial charge in [0.15, 0.2) is 5.79 Å². The zero-order chi connectivity index (χ0) is 52.0. The van der Waals surface area contributed by atoms with Crippen LogP contribution in [0.2, 0.25) is 0 Å². The third-order valence-electron chi connectivity index (χ3n) is 16.1. The molecule has 69 heavy (non-hydrogen) atoms. The minimum atomic E-state index is -2.18. The highest BCUT2D eigenvalue weighted by atomic mass is 16.7. The summed E-state index contributed by atoms with van der Waals surface area (Å²) < 4.78 is 25.4. The summed E-state index contributed by atoms with van der Waals surface area (Å²) in [6.45, 7) is 21.3. The van der Waals surface area contributed by atoms with Gasteiger partial charge in [-0.2, -0.15) is 0 Å². The molecule has 23 unspecified atom stereocenters. The van der Waals surface area contributed by atoms with Crippen LogP contribution >= 0.6 is 0 Å². The zero-order valence-corrected chi connectivity index (χ0v) is 43.8. The van der Waals surface area contributed by atoms with E-state index in [1.165, 1.54) is 12.2 Å². The molecule has 0 aromatic carbocycles. The van der Waals surface area contributed by atoms with Gasteiger partial charge >= 0.3 is 5.97 Å². The smallest absolute Gasteiger partial charge is 0.330 e. The normalized spacial score (nSPS) is 45.4. The molecule has 3 saturated heterocycles. The summed E-state index contributed by atoms with van der Waals surface area (Å²) in [5, 5.41) is 109. The standard InChI is InChI=1S/C48H84O13.C6H12O2/c1-11-23-47(58)45(56)29(5)16-14-13-15-17-35(25-30(6)49)19-20-39-33(9)44(34(10)48(60-39)24-22-28(4)43(61-48)32(8)36(50)12-2)59-40(53)21-18-27(3)41(54)31(7)37(51)26-38(52)42(55)46(47)57;1-5-6(7)3-2-4-8-5/h13-15,17-18,21,27-39,41-46,49-52,54-58H,11-12,16,19-20,22-26H2,1-10H3;5-7H,2-4H2,1H3/b14-13+,17-15+,21-18+;. The predicted molar refractivity (Wildman–Crippen MR) is 264 cm³/mol. The molecule has 15 heteroatoms. The average Bonchev–Trinajstić information content (AvgIpc) is 3.31. The van der Waals surface area contributed by atoms with E-state index in [0.717, 1.165) is 25.9 Å². The Morgan fingerprint density at radius 2 is 1.45 bits per heavy atom. The molecule has 4 aliphatic heterocycles. The van der Waals surface area contributed by atoms with E-state index in [9.17, 15) is 50.8 Å². The number of allylic oxidation sites excluding steroid dienone is 4. The average molecular weight is 985 g/mol. The lowest BCUT2D eigenvalue weighted by molar-refractivity contribution is -0.376. The maximum atomic E-state index is 13.7. The minimum absolute atomic E-state index is 0.0486. The molecule has 0 aliphatic carbocycles. The highest BCUT2D eigenvalue weighted by Gasteiger charge is 2.57. The van der Waals surface area contributed by atoms with Crippen LogP contribution in [0.3, 0.4) is 0 Å². The first kappa shape index (κ1) is 61.5. The summed E-state index contributed by atoms with van der Waals surface area (Å²) in [6, 6.07) is 0. The number of rotatable bonds is 7. The Morgan fingerprint density at radius 1 is 0.768 bits per heavy atom. The quantitative estimate of drug-likeness (QED) is 0.146. The lowest BCUT2D eigenvalue weighted by Gasteiger charge is -2.56. The molecule has 3 fully saturated rings.